The number of likely N-dealkylation sites (N-methyl/N-ethyl adjacent to an activating group) is 1. The molecular formula is C11H21NO6. The van der Waals surface area contributed by atoms with Crippen LogP contribution in [0, 0.1) is 0 Å². The van der Waals surface area contributed by atoms with Crippen LogP contribution in [0.5, 0.6) is 0 Å². The van der Waals surface area contributed by atoms with Gasteiger partial charge in [-0.2, -0.15) is 0 Å². The lowest BCUT2D eigenvalue weighted by molar-refractivity contribution is -0.253. The van der Waals surface area contributed by atoms with Crippen LogP contribution >= 0.6 is 0 Å². The highest BCUT2D eigenvalue weighted by Gasteiger charge is 2.42. The van der Waals surface area contributed by atoms with E-state index in [1.807, 2.05) is 19.0 Å². The molecule has 1 aliphatic heterocycles. The quantitative estimate of drug-likeness (QED) is 0.705. The van der Waals surface area contributed by atoms with E-state index in [4.69, 9.17) is 14.2 Å². The summed E-state index contributed by atoms with van der Waals surface area (Å²) in [5.41, 5.74) is 0. The van der Waals surface area contributed by atoms with E-state index in [1.54, 1.807) is 0 Å². The van der Waals surface area contributed by atoms with Gasteiger partial charge in [-0.1, -0.05) is 0 Å². The monoisotopic (exact) mass is 263 g/mol. The average molecular weight is 263 g/mol. The van der Waals surface area contributed by atoms with Crippen molar-refractivity contribution in [2.24, 2.45) is 0 Å². The first-order chi connectivity index (χ1) is 8.53. The third kappa shape index (κ3) is 3.55. The smallest absolute Gasteiger partial charge is 0.438 e. The number of methoxy groups -OCH3 is 2. The zero-order valence-electron chi connectivity index (χ0n) is 11.2. The van der Waals surface area contributed by atoms with Crippen molar-refractivity contribution in [3.63, 3.8) is 0 Å². The standard InChI is InChI=1S/C11H21NO6/c1-12(2)8-5-7(6-13)17-10(15-3)9(8)18-11(14)16-4/h7-10,13H,5-6H2,1-4H3. The van der Waals surface area contributed by atoms with Crippen LogP contribution in [0.15, 0.2) is 0 Å². The van der Waals surface area contributed by atoms with Crippen LogP contribution in [-0.2, 0) is 18.9 Å². The van der Waals surface area contributed by atoms with Crippen LogP contribution in [0.3, 0.4) is 0 Å². The van der Waals surface area contributed by atoms with E-state index in [0.29, 0.717) is 6.42 Å². The number of carbonyl (C=O) groups is 1. The molecular weight excluding hydrogens is 242 g/mol. The Labute approximate surface area is 107 Å². The van der Waals surface area contributed by atoms with E-state index in [2.05, 4.69) is 4.74 Å². The molecule has 0 spiro atoms. The molecule has 0 aromatic carbocycles. The fourth-order valence-corrected chi connectivity index (χ4v) is 2.01. The molecule has 0 aromatic heterocycles. The number of nitrogens with zero attached hydrogens (tertiary/aromatic N) is 1. The Morgan fingerprint density at radius 1 is 1.44 bits per heavy atom. The van der Waals surface area contributed by atoms with Crippen LogP contribution < -0.4 is 0 Å². The first-order valence-corrected chi connectivity index (χ1v) is 5.73. The number of aliphatic hydroxyl groups is 1. The van der Waals surface area contributed by atoms with E-state index >= 15 is 0 Å². The van der Waals surface area contributed by atoms with Crippen molar-refractivity contribution in [3.05, 3.63) is 0 Å². The summed E-state index contributed by atoms with van der Waals surface area (Å²) in [6, 6.07) is -0.111. The van der Waals surface area contributed by atoms with Gasteiger partial charge in [-0.25, -0.2) is 4.79 Å². The lowest BCUT2D eigenvalue weighted by Crippen LogP contribution is -2.56. The number of aliphatic hydroxyl groups excluding tert-OH is 1. The predicted octanol–water partition coefficient (Wildman–Crippen LogP) is -0.178. The fraction of sp³-hybridized carbons (Fsp3) is 0.909. The summed E-state index contributed by atoms with van der Waals surface area (Å²) in [6.07, 6.45) is -1.88. The number of carbonyl (C=O) groups excluding carboxylic acids is 1. The summed E-state index contributed by atoms with van der Waals surface area (Å²) in [5, 5.41) is 9.19. The topological polar surface area (TPSA) is 77.5 Å². The van der Waals surface area contributed by atoms with Crippen molar-refractivity contribution in [3.8, 4) is 0 Å². The Kier molecular flexibility index (Phi) is 5.80. The lowest BCUT2D eigenvalue weighted by atomic mass is 9.98. The summed E-state index contributed by atoms with van der Waals surface area (Å²) >= 11 is 0. The molecule has 7 nitrogen and oxygen atoms in total. The van der Waals surface area contributed by atoms with E-state index < -0.39 is 18.5 Å². The molecule has 0 bridgehead atoms. The molecule has 0 amide bonds. The molecule has 4 unspecified atom stereocenters. The third-order valence-electron chi connectivity index (χ3n) is 2.98. The molecule has 1 N–H and O–H groups in total. The Bertz CT molecular complexity index is 272. The highest BCUT2D eigenvalue weighted by Crippen LogP contribution is 2.26. The van der Waals surface area contributed by atoms with Crippen LogP contribution in [0.2, 0.25) is 0 Å². The van der Waals surface area contributed by atoms with Crippen molar-refractivity contribution in [2.45, 2.75) is 31.0 Å². The minimum atomic E-state index is -0.778. The zero-order valence-corrected chi connectivity index (χ0v) is 11.2. The molecule has 0 saturated carbocycles. The van der Waals surface area contributed by atoms with Gasteiger partial charge in [0, 0.05) is 7.11 Å². The summed E-state index contributed by atoms with van der Waals surface area (Å²) in [4.78, 5) is 13.1. The lowest BCUT2D eigenvalue weighted by Gasteiger charge is -2.42. The molecule has 1 heterocycles. The van der Waals surface area contributed by atoms with Crippen molar-refractivity contribution in [2.75, 3.05) is 34.9 Å². The maximum Gasteiger partial charge on any atom is 0.508 e. The summed E-state index contributed by atoms with van der Waals surface area (Å²) in [5.74, 6) is 0. The Balaban J connectivity index is 2.81. The van der Waals surface area contributed by atoms with Gasteiger partial charge in [0.05, 0.1) is 25.9 Å². The maximum atomic E-state index is 11.2. The Morgan fingerprint density at radius 3 is 2.56 bits per heavy atom. The molecule has 18 heavy (non-hydrogen) atoms. The van der Waals surface area contributed by atoms with E-state index in [0.717, 1.165) is 0 Å². The first kappa shape index (κ1) is 15.2. The number of ether oxygens (including phenoxy) is 4. The minimum Gasteiger partial charge on any atom is -0.438 e. The van der Waals surface area contributed by atoms with Crippen molar-refractivity contribution in [1.29, 1.82) is 0 Å². The summed E-state index contributed by atoms with van der Waals surface area (Å²) in [6.45, 7) is -0.102. The van der Waals surface area contributed by atoms with Crippen molar-refractivity contribution < 1.29 is 28.8 Å². The van der Waals surface area contributed by atoms with Gasteiger partial charge in [-0.05, 0) is 20.5 Å². The molecule has 7 heteroatoms. The first-order valence-electron chi connectivity index (χ1n) is 5.73. The largest absolute Gasteiger partial charge is 0.508 e. The van der Waals surface area contributed by atoms with Gasteiger partial charge in [-0.15, -0.1) is 0 Å². The van der Waals surface area contributed by atoms with Crippen molar-refractivity contribution >= 4 is 6.16 Å². The molecule has 1 aliphatic rings. The summed E-state index contributed by atoms with van der Waals surface area (Å²) in [7, 11) is 6.44. The molecule has 106 valence electrons. The molecule has 0 aliphatic carbocycles. The van der Waals surface area contributed by atoms with Crippen LogP contribution in [-0.4, -0.2) is 75.6 Å². The van der Waals surface area contributed by atoms with E-state index in [9.17, 15) is 9.90 Å². The Hall–Kier alpha value is -0.890. The second-order valence-corrected chi connectivity index (χ2v) is 4.35. The van der Waals surface area contributed by atoms with Gasteiger partial charge in [0.2, 0.25) is 0 Å². The molecule has 4 atom stereocenters. The number of rotatable bonds is 4. The van der Waals surface area contributed by atoms with Crippen LogP contribution in [0.1, 0.15) is 6.42 Å². The maximum absolute atomic E-state index is 11.2. The second kappa shape index (κ2) is 6.89. The van der Waals surface area contributed by atoms with Gasteiger partial charge in [0.15, 0.2) is 12.4 Å². The number of hydrogen-bond acceptors (Lipinski definition) is 7. The van der Waals surface area contributed by atoms with Gasteiger partial charge in [-0.3, -0.25) is 0 Å². The van der Waals surface area contributed by atoms with E-state index in [-0.39, 0.29) is 18.8 Å². The second-order valence-electron chi connectivity index (χ2n) is 4.35. The molecule has 1 rings (SSSR count). The van der Waals surface area contributed by atoms with Gasteiger partial charge in [0.1, 0.15) is 0 Å². The van der Waals surface area contributed by atoms with Gasteiger partial charge < -0.3 is 29.0 Å². The normalized spacial score (nSPS) is 32.3. The number of hydrogen-bond donors (Lipinski definition) is 1. The third-order valence-corrected chi connectivity index (χ3v) is 2.98. The van der Waals surface area contributed by atoms with Gasteiger partial charge in [0.25, 0.3) is 0 Å². The highest BCUT2D eigenvalue weighted by molar-refractivity contribution is 5.60. The Morgan fingerprint density at radius 2 is 2.11 bits per heavy atom. The zero-order chi connectivity index (χ0) is 13.7. The highest BCUT2D eigenvalue weighted by atomic mass is 16.8. The van der Waals surface area contributed by atoms with Gasteiger partial charge >= 0.3 is 6.16 Å². The molecule has 1 saturated heterocycles. The average Bonchev–Trinajstić information content (AvgIpc) is 2.38. The predicted molar refractivity (Wildman–Crippen MR) is 62.1 cm³/mol. The summed E-state index contributed by atoms with van der Waals surface area (Å²) < 4.78 is 20.3. The van der Waals surface area contributed by atoms with Crippen LogP contribution in [0.4, 0.5) is 4.79 Å². The molecule has 1 fully saturated rings. The SMILES string of the molecule is COC(=O)OC1C(OC)OC(CO)CC1N(C)C. The van der Waals surface area contributed by atoms with E-state index in [1.165, 1.54) is 14.2 Å². The minimum absolute atomic E-state index is 0.102. The molecule has 0 radical (unpaired) electrons. The van der Waals surface area contributed by atoms with Crippen LogP contribution in [0.25, 0.3) is 0 Å². The fourth-order valence-electron chi connectivity index (χ4n) is 2.01. The van der Waals surface area contributed by atoms with Crippen molar-refractivity contribution in [1.82, 2.24) is 4.90 Å². The molecule has 0 aromatic rings.